The molecule has 2 heterocycles. The summed E-state index contributed by atoms with van der Waals surface area (Å²) in [7, 11) is 0. The molecule has 3 aromatic rings. The lowest BCUT2D eigenvalue weighted by atomic mass is 10.2. The minimum Gasteiger partial charge on any atom is -0.368 e. The lowest BCUT2D eigenvalue weighted by molar-refractivity contribution is -0.115. The molecule has 0 bridgehead atoms. The summed E-state index contributed by atoms with van der Waals surface area (Å²) in [5.41, 5.74) is 6.07. The van der Waals surface area contributed by atoms with Gasteiger partial charge in [-0.2, -0.15) is 4.98 Å². The van der Waals surface area contributed by atoms with E-state index in [9.17, 15) is 13.6 Å². The van der Waals surface area contributed by atoms with Crippen LogP contribution in [0.15, 0.2) is 28.7 Å². The number of carbonyl (C=O) groups excluding carboxylic acids is 1. The van der Waals surface area contributed by atoms with Crippen molar-refractivity contribution in [2.24, 2.45) is 0 Å². The van der Waals surface area contributed by atoms with E-state index in [4.69, 9.17) is 5.73 Å². The van der Waals surface area contributed by atoms with Gasteiger partial charge in [-0.05, 0) is 12.1 Å². The number of halogens is 2. The molecule has 1 aromatic carbocycles. The number of carbonyl (C=O) groups is 1. The molecule has 0 fully saturated rings. The van der Waals surface area contributed by atoms with Crippen molar-refractivity contribution in [1.29, 1.82) is 0 Å². The van der Waals surface area contributed by atoms with Crippen molar-refractivity contribution in [3.05, 3.63) is 40.9 Å². The number of hydrogen-bond donors (Lipinski definition) is 2. The number of benzene rings is 1. The topological polar surface area (TPSA) is 101 Å². The highest BCUT2D eigenvalue weighted by Gasteiger charge is 2.21. The normalized spacial score (nSPS) is 10.8. The number of aromatic amines is 1. The van der Waals surface area contributed by atoms with Gasteiger partial charge in [0.05, 0.1) is 11.4 Å². The number of amides is 1. The Labute approximate surface area is 149 Å². The molecule has 3 rings (SSSR count). The van der Waals surface area contributed by atoms with Crippen molar-refractivity contribution in [3.63, 3.8) is 0 Å². The van der Waals surface area contributed by atoms with Gasteiger partial charge in [0, 0.05) is 24.1 Å². The van der Waals surface area contributed by atoms with Gasteiger partial charge < -0.3 is 5.73 Å². The molecular formula is C14H12F2N6OS2. The molecule has 25 heavy (non-hydrogen) atoms. The van der Waals surface area contributed by atoms with Gasteiger partial charge in [0.25, 0.3) is 0 Å². The van der Waals surface area contributed by atoms with E-state index in [-0.39, 0.29) is 11.6 Å². The number of nitrogens with two attached hydrogens (primary N) is 1. The fourth-order valence-corrected chi connectivity index (χ4v) is 3.68. The van der Waals surface area contributed by atoms with Crippen molar-refractivity contribution >= 4 is 45.8 Å². The van der Waals surface area contributed by atoms with Crippen LogP contribution >= 0.6 is 23.1 Å². The van der Waals surface area contributed by atoms with E-state index in [0.29, 0.717) is 21.7 Å². The summed E-state index contributed by atoms with van der Waals surface area (Å²) in [6.07, 6.45) is 0. The summed E-state index contributed by atoms with van der Waals surface area (Å²) in [5, 5.41) is 8.94. The Bertz CT molecular complexity index is 912. The van der Waals surface area contributed by atoms with Crippen LogP contribution in [0.3, 0.4) is 0 Å². The van der Waals surface area contributed by atoms with Crippen molar-refractivity contribution in [2.45, 2.75) is 17.8 Å². The first kappa shape index (κ1) is 17.3. The molecule has 3 N–H and O–H groups in total. The van der Waals surface area contributed by atoms with Crippen LogP contribution in [0.5, 0.6) is 0 Å². The Morgan fingerprint density at radius 1 is 1.40 bits per heavy atom. The van der Waals surface area contributed by atoms with Crippen LogP contribution in [-0.2, 0) is 10.5 Å². The van der Waals surface area contributed by atoms with E-state index in [0.717, 1.165) is 17.0 Å². The first-order chi connectivity index (χ1) is 11.9. The summed E-state index contributed by atoms with van der Waals surface area (Å²) in [4.78, 5) is 21.4. The molecule has 0 saturated carbocycles. The van der Waals surface area contributed by atoms with Gasteiger partial charge in [0.1, 0.15) is 11.6 Å². The second-order valence-electron chi connectivity index (χ2n) is 4.86. The zero-order valence-electron chi connectivity index (χ0n) is 12.9. The predicted octanol–water partition coefficient (Wildman–Crippen LogP) is 3.10. The number of H-pyrrole nitrogens is 1. The largest absolute Gasteiger partial charge is 0.368 e. The Kier molecular flexibility index (Phi) is 4.95. The lowest BCUT2D eigenvalue weighted by Crippen LogP contribution is -2.23. The van der Waals surface area contributed by atoms with Gasteiger partial charge in [-0.15, -0.1) is 16.4 Å². The number of nitrogens with one attached hydrogen (secondary N) is 1. The average molecular weight is 382 g/mol. The Hall–Kier alpha value is -2.53. The van der Waals surface area contributed by atoms with Gasteiger partial charge in [0.2, 0.25) is 17.0 Å². The van der Waals surface area contributed by atoms with Crippen LogP contribution in [-0.4, -0.2) is 26.1 Å². The molecule has 7 nitrogen and oxygen atoms in total. The van der Waals surface area contributed by atoms with Crippen LogP contribution in [0.1, 0.15) is 12.6 Å². The first-order valence-electron chi connectivity index (χ1n) is 6.95. The highest BCUT2D eigenvalue weighted by molar-refractivity contribution is 7.98. The molecule has 0 spiro atoms. The van der Waals surface area contributed by atoms with Crippen molar-refractivity contribution in [1.82, 2.24) is 20.2 Å². The number of nitrogen functional groups attached to an aromatic ring is 1. The lowest BCUT2D eigenvalue weighted by Gasteiger charge is -2.18. The van der Waals surface area contributed by atoms with Gasteiger partial charge >= 0.3 is 0 Å². The van der Waals surface area contributed by atoms with E-state index < -0.39 is 17.5 Å². The van der Waals surface area contributed by atoms with E-state index in [1.54, 1.807) is 5.38 Å². The minimum absolute atomic E-state index is 0.0517. The molecule has 130 valence electrons. The van der Waals surface area contributed by atoms with Gasteiger partial charge in [-0.1, -0.05) is 11.8 Å². The molecule has 0 atom stereocenters. The van der Waals surface area contributed by atoms with E-state index in [1.165, 1.54) is 36.1 Å². The van der Waals surface area contributed by atoms with Crippen molar-refractivity contribution < 1.29 is 13.6 Å². The van der Waals surface area contributed by atoms with Crippen LogP contribution in [0.2, 0.25) is 0 Å². The zero-order valence-corrected chi connectivity index (χ0v) is 14.5. The third-order valence-electron chi connectivity index (χ3n) is 3.03. The molecule has 2 aromatic heterocycles. The number of hydrogen-bond acceptors (Lipinski definition) is 7. The summed E-state index contributed by atoms with van der Waals surface area (Å²) < 4.78 is 27.1. The number of thiazole rings is 1. The van der Waals surface area contributed by atoms with Crippen molar-refractivity contribution in [2.75, 3.05) is 10.6 Å². The summed E-state index contributed by atoms with van der Waals surface area (Å²) in [6, 6.07) is 3.02. The average Bonchev–Trinajstić information content (AvgIpc) is 3.16. The van der Waals surface area contributed by atoms with Crippen LogP contribution < -0.4 is 10.6 Å². The number of aromatic nitrogens is 4. The second kappa shape index (κ2) is 7.15. The number of anilines is 3. The first-order valence-corrected chi connectivity index (χ1v) is 8.81. The third-order valence-corrected chi connectivity index (χ3v) is 4.78. The summed E-state index contributed by atoms with van der Waals surface area (Å²) in [5.74, 6) is -1.31. The molecule has 0 saturated heterocycles. The molecule has 0 unspecified atom stereocenters. The molecule has 0 radical (unpaired) electrons. The van der Waals surface area contributed by atoms with Gasteiger partial charge in [-0.25, -0.2) is 18.9 Å². The number of rotatable bonds is 5. The maximum Gasteiger partial charge on any atom is 0.230 e. The minimum atomic E-state index is -0.836. The summed E-state index contributed by atoms with van der Waals surface area (Å²) in [6.45, 7) is 1.29. The number of nitrogens with zero attached hydrogens (tertiary/aromatic N) is 4. The standard InChI is InChI=1S/C14H12F2N6OS2/c1-7(23)22(11-3-2-8(15)4-10(11)16)14-18-9(6-25-14)5-24-13-19-12(17)20-21-13/h2-4,6H,5H2,1H3,(H3,17,19,20,21). The SMILES string of the molecule is CC(=O)N(c1nc(CSc2n[nH]c(N)n2)cs1)c1ccc(F)cc1F. The molecule has 0 aliphatic carbocycles. The molecular weight excluding hydrogens is 370 g/mol. The molecule has 0 aliphatic rings. The molecule has 11 heteroatoms. The van der Waals surface area contributed by atoms with Crippen LogP contribution in [0, 0.1) is 11.6 Å². The van der Waals surface area contributed by atoms with Crippen LogP contribution in [0.4, 0.5) is 25.5 Å². The molecule has 1 amide bonds. The monoisotopic (exact) mass is 382 g/mol. The summed E-state index contributed by atoms with van der Waals surface area (Å²) >= 11 is 2.49. The maximum absolute atomic E-state index is 14.0. The Balaban J connectivity index is 1.81. The highest BCUT2D eigenvalue weighted by Crippen LogP contribution is 2.32. The van der Waals surface area contributed by atoms with Crippen LogP contribution in [0.25, 0.3) is 0 Å². The predicted molar refractivity (Wildman–Crippen MR) is 91.6 cm³/mol. The Morgan fingerprint density at radius 2 is 2.20 bits per heavy atom. The smallest absolute Gasteiger partial charge is 0.230 e. The van der Waals surface area contributed by atoms with Crippen molar-refractivity contribution in [3.8, 4) is 0 Å². The third kappa shape index (κ3) is 3.94. The van der Waals surface area contributed by atoms with E-state index in [2.05, 4.69) is 20.2 Å². The second-order valence-corrected chi connectivity index (χ2v) is 6.64. The van der Waals surface area contributed by atoms with Gasteiger partial charge in [0.15, 0.2) is 5.13 Å². The van der Waals surface area contributed by atoms with Gasteiger partial charge in [-0.3, -0.25) is 9.69 Å². The zero-order chi connectivity index (χ0) is 18.0. The Morgan fingerprint density at radius 3 is 2.84 bits per heavy atom. The fourth-order valence-electron chi connectivity index (χ4n) is 2.00. The highest BCUT2D eigenvalue weighted by atomic mass is 32.2. The quantitative estimate of drug-likeness (QED) is 0.658. The molecule has 0 aliphatic heterocycles. The number of thioether (sulfide) groups is 1. The van der Waals surface area contributed by atoms with E-state index >= 15 is 0 Å². The maximum atomic E-state index is 14.0. The fraction of sp³-hybridized carbons (Fsp3) is 0.143. The van der Waals surface area contributed by atoms with E-state index in [1.807, 2.05) is 0 Å².